The van der Waals surface area contributed by atoms with Crippen molar-refractivity contribution in [3.63, 3.8) is 0 Å². The molecule has 5 N–H and O–H groups in total. The van der Waals surface area contributed by atoms with E-state index in [0.717, 1.165) is 35.5 Å². The normalized spacial score (nSPS) is 23.0. The highest BCUT2D eigenvalue weighted by atomic mass is 32.2. The standard InChI is InChI=1S/C24H30N6O7S2/c1-24(2,22(35)36)37-28-15(14-12-39-23(25)26-14)18(31)27-16-19(32)29-17(21(33)34)13(11-38-20(16)29)7-6-10-30(3)8-4-5-9-30/h6-7,12,16,20H,4-5,8-11H2,1-3H3,(H4-,25,26,27,31,33,34,35,36)/p+1/b7-6+,28-15-/t16?,20-/m0/s1. The summed E-state index contributed by atoms with van der Waals surface area (Å²) in [4.78, 5) is 60.1. The molecule has 3 aliphatic rings. The topological polar surface area (TPSA) is 185 Å². The zero-order valence-electron chi connectivity index (χ0n) is 21.7. The van der Waals surface area contributed by atoms with Gasteiger partial charge in [0.2, 0.25) is 5.60 Å². The van der Waals surface area contributed by atoms with Crippen LogP contribution in [-0.2, 0) is 24.0 Å². The van der Waals surface area contributed by atoms with Gasteiger partial charge in [-0.15, -0.1) is 23.1 Å². The highest BCUT2D eigenvalue weighted by Crippen LogP contribution is 2.40. The predicted octanol–water partition coefficient (Wildman–Crippen LogP) is 0.844. The number of anilines is 1. The fourth-order valence-electron chi connectivity index (χ4n) is 4.51. The van der Waals surface area contributed by atoms with Crippen LogP contribution in [0.2, 0.25) is 0 Å². The number of amides is 2. The van der Waals surface area contributed by atoms with Crippen LogP contribution in [0.5, 0.6) is 0 Å². The number of thiazole rings is 1. The maximum absolute atomic E-state index is 13.2. The number of rotatable bonds is 10. The Morgan fingerprint density at radius 1 is 1.33 bits per heavy atom. The Bertz CT molecular complexity index is 1280. The molecular weight excluding hydrogens is 548 g/mol. The average molecular weight is 580 g/mol. The van der Waals surface area contributed by atoms with E-state index in [9.17, 15) is 29.4 Å². The summed E-state index contributed by atoms with van der Waals surface area (Å²) in [5, 5.41) is 26.5. The molecule has 4 rings (SSSR count). The number of hydrogen-bond donors (Lipinski definition) is 4. The second kappa shape index (κ2) is 11.0. The number of nitrogens with zero attached hydrogens (tertiary/aromatic N) is 4. The molecule has 0 radical (unpaired) electrons. The number of carbonyl (C=O) groups is 4. The second-order valence-electron chi connectivity index (χ2n) is 10.3. The number of quaternary nitrogens is 1. The van der Waals surface area contributed by atoms with E-state index in [4.69, 9.17) is 10.6 Å². The summed E-state index contributed by atoms with van der Waals surface area (Å²) in [5.74, 6) is -3.59. The minimum Gasteiger partial charge on any atom is -0.478 e. The van der Waals surface area contributed by atoms with Crippen LogP contribution in [0.4, 0.5) is 5.13 Å². The van der Waals surface area contributed by atoms with Gasteiger partial charge in [0.25, 0.3) is 11.8 Å². The lowest BCUT2D eigenvalue weighted by molar-refractivity contribution is -0.891. The first-order valence-electron chi connectivity index (χ1n) is 12.3. The number of hydrogen-bond acceptors (Lipinski definition) is 10. The molecule has 2 saturated heterocycles. The smallest absolute Gasteiger partial charge is 0.352 e. The van der Waals surface area contributed by atoms with E-state index in [1.165, 1.54) is 48.7 Å². The van der Waals surface area contributed by atoms with E-state index < -0.39 is 40.8 Å². The maximum Gasteiger partial charge on any atom is 0.352 e. The number of fused-ring (bicyclic) bond motifs is 1. The Kier molecular flexibility index (Phi) is 8.04. The van der Waals surface area contributed by atoms with Crippen molar-refractivity contribution in [2.75, 3.05) is 38.2 Å². The molecular formula is C24H31N6O7S2+. The second-order valence-corrected chi connectivity index (χ2v) is 12.3. The van der Waals surface area contributed by atoms with Gasteiger partial charge >= 0.3 is 11.9 Å². The molecule has 13 nitrogen and oxygen atoms in total. The number of carboxylic acids is 2. The van der Waals surface area contributed by atoms with Crippen LogP contribution in [0.15, 0.2) is 34.0 Å². The number of carboxylic acid groups (broad SMARTS) is 2. The maximum atomic E-state index is 13.2. The highest BCUT2D eigenvalue weighted by molar-refractivity contribution is 8.00. The zero-order chi connectivity index (χ0) is 28.5. The predicted molar refractivity (Wildman–Crippen MR) is 145 cm³/mol. The molecule has 0 aliphatic carbocycles. The van der Waals surface area contributed by atoms with Gasteiger partial charge in [0.1, 0.15) is 22.8 Å². The van der Waals surface area contributed by atoms with Gasteiger partial charge < -0.3 is 30.6 Å². The Labute approximate surface area is 232 Å². The van der Waals surface area contributed by atoms with Crippen molar-refractivity contribution in [1.82, 2.24) is 15.2 Å². The summed E-state index contributed by atoms with van der Waals surface area (Å²) < 4.78 is 0.903. The monoisotopic (exact) mass is 579 g/mol. The van der Waals surface area contributed by atoms with Gasteiger partial charge in [-0.2, -0.15) is 0 Å². The molecule has 210 valence electrons. The van der Waals surface area contributed by atoms with Crippen molar-refractivity contribution in [3.05, 3.63) is 34.5 Å². The van der Waals surface area contributed by atoms with Crippen LogP contribution < -0.4 is 11.1 Å². The first kappa shape index (κ1) is 28.6. The van der Waals surface area contributed by atoms with Crippen LogP contribution in [-0.4, -0.2) is 103 Å². The van der Waals surface area contributed by atoms with Gasteiger partial charge in [-0.3, -0.25) is 14.5 Å². The van der Waals surface area contributed by atoms with Crippen molar-refractivity contribution in [2.45, 2.75) is 43.7 Å². The van der Waals surface area contributed by atoms with Gasteiger partial charge in [-0.25, -0.2) is 14.6 Å². The van der Waals surface area contributed by atoms with Gasteiger partial charge in [-0.1, -0.05) is 11.2 Å². The molecule has 1 aromatic heterocycles. The third-order valence-electron chi connectivity index (χ3n) is 6.86. The number of oxime groups is 1. The summed E-state index contributed by atoms with van der Waals surface area (Å²) in [7, 11) is 2.17. The fraction of sp³-hybridized carbons (Fsp3) is 0.500. The van der Waals surface area contributed by atoms with E-state index in [1.54, 1.807) is 6.08 Å². The number of nitrogens with one attached hydrogen (secondary N) is 1. The number of nitrogens with two attached hydrogens (primary N) is 1. The molecule has 0 bridgehead atoms. The highest BCUT2D eigenvalue weighted by Gasteiger charge is 2.54. The van der Waals surface area contributed by atoms with E-state index in [1.807, 2.05) is 6.08 Å². The molecule has 2 amide bonds. The Balaban J connectivity index is 1.51. The Hall–Kier alpha value is -3.43. The summed E-state index contributed by atoms with van der Waals surface area (Å²) in [6.45, 7) is 5.45. The minimum atomic E-state index is -1.74. The summed E-state index contributed by atoms with van der Waals surface area (Å²) >= 11 is 2.38. The molecule has 4 heterocycles. The quantitative estimate of drug-likeness (QED) is 0.134. The molecule has 1 aromatic rings. The summed E-state index contributed by atoms with van der Waals surface area (Å²) in [6.07, 6.45) is 6.10. The van der Waals surface area contributed by atoms with E-state index in [-0.39, 0.29) is 22.2 Å². The number of β-lactam (4-membered cyclic amide) rings is 1. The molecule has 15 heteroatoms. The largest absolute Gasteiger partial charge is 0.478 e. The van der Waals surface area contributed by atoms with Crippen LogP contribution in [0.1, 0.15) is 32.4 Å². The van der Waals surface area contributed by atoms with E-state index in [0.29, 0.717) is 11.3 Å². The molecule has 0 spiro atoms. The molecule has 0 saturated carbocycles. The molecule has 2 fully saturated rings. The van der Waals surface area contributed by atoms with Crippen molar-refractivity contribution >= 4 is 57.7 Å². The lowest BCUT2D eigenvalue weighted by Crippen LogP contribution is -2.71. The first-order valence-corrected chi connectivity index (χ1v) is 14.2. The van der Waals surface area contributed by atoms with Crippen LogP contribution >= 0.6 is 23.1 Å². The van der Waals surface area contributed by atoms with Gasteiger partial charge in [0, 0.05) is 24.0 Å². The number of aliphatic carboxylic acids is 2. The number of carbonyl (C=O) groups excluding carboxylic acids is 2. The number of nitrogen functional groups attached to an aromatic ring is 1. The zero-order valence-corrected chi connectivity index (χ0v) is 23.4. The molecule has 3 aliphatic heterocycles. The van der Waals surface area contributed by atoms with Crippen LogP contribution in [0, 0.1) is 0 Å². The van der Waals surface area contributed by atoms with Crippen LogP contribution in [0.3, 0.4) is 0 Å². The third kappa shape index (κ3) is 5.94. The summed E-state index contributed by atoms with van der Waals surface area (Å²) in [6, 6.07) is -1.02. The Morgan fingerprint density at radius 3 is 2.62 bits per heavy atom. The fourth-order valence-corrected chi connectivity index (χ4v) is 6.38. The molecule has 1 unspecified atom stereocenters. The Morgan fingerprint density at radius 2 is 2.03 bits per heavy atom. The van der Waals surface area contributed by atoms with Gasteiger partial charge in [-0.05, 0) is 25.5 Å². The third-order valence-corrected chi connectivity index (χ3v) is 8.83. The minimum absolute atomic E-state index is 0.0454. The number of thioether (sulfide) groups is 1. The SMILES string of the molecule is CC(C)(O/N=C(\C(=O)NC1C(=O)N2C(C(=O)O)=C(/C=C/C[N+]3(C)CCCC3)CS[C@@H]12)c1csc(N)n1)C(=O)O. The van der Waals surface area contributed by atoms with Gasteiger partial charge in [0.05, 0.1) is 26.7 Å². The summed E-state index contributed by atoms with van der Waals surface area (Å²) in [5.41, 5.74) is 4.07. The average Bonchev–Trinajstić information content (AvgIpc) is 3.50. The number of allylic oxidation sites excluding steroid dienone is 1. The molecule has 0 aromatic carbocycles. The van der Waals surface area contributed by atoms with Crippen molar-refractivity contribution < 1.29 is 38.7 Å². The van der Waals surface area contributed by atoms with Crippen molar-refractivity contribution in [2.24, 2.45) is 5.16 Å². The van der Waals surface area contributed by atoms with Crippen molar-refractivity contribution in [3.8, 4) is 0 Å². The van der Waals surface area contributed by atoms with Crippen LogP contribution in [0.25, 0.3) is 0 Å². The molecule has 2 atom stereocenters. The number of aromatic nitrogens is 1. The molecule has 39 heavy (non-hydrogen) atoms. The number of likely N-dealkylation sites (tertiary alicyclic amines) is 1. The number of likely N-dealkylation sites (N-methyl/N-ethyl adjacent to an activating group) is 1. The first-order chi connectivity index (χ1) is 18.3. The van der Waals surface area contributed by atoms with E-state index >= 15 is 0 Å². The van der Waals surface area contributed by atoms with E-state index in [2.05, 4.69) is 22.5 Å². The van der Waals surface area contributed by atoms with Gasteiger partial charge in [0.15, 0.2) is 10.8 Å². The lowest BCUT2D eigenvalue weighted by atomic mass is 10.0. The lowest BCUT2D eigenvalue weighted by Gasteiger charge is -2.49. The van der Waals surface area contributed by atoms with Crippen molar-refractivity contribution in [1.29, 1.82) is 0 Å².